The number of alkyl halides is 1. The number of likely N-dealkylation sites (N-methyl/N-ethyl adjacent to an activating group) is 1. The van der Waals surface area contributed by atoms with E-state index in [1.165, 1.54) is 0 Å². The number of nitrogens with one attached hydrogen (secondary N) is 1. The summed E-state index contributed by atoms with van der Waals surface area (Å²) >= 11 is 2.94. The van der Waals surface area contributed by atoms with Gasteiger partial charge in [-0.25, -0.2) is 0 Å². The van der Waals surface area contributed by atoms with Crippen LogP contribution in [0.5, 0.6) is 0 Å². The molecule has 1 aromatic rings. The molecule has 0 aliphatic rings. The number of carbonyl (C=O) groups excluding carboxylic acids is 1. The zero-order chi connectivity index (χ0) is 14.8. The summed E-state index contributed by atoms with van der Waals surface area (Å²) in [5.74, 6) is 1.87. The standard InChI is InChI=1S/C14H22N2O.CH3Br.ClH/c1-5-16(6-2)10-13(17)15-14-11(3)8-7-9-12(14)4;1-2;/h7-9H,5-6,10H2,1-4H3,(H,15,17);1H3;1H. The molecule has 0 aromatic heterocycles. The molecule has 1 amide bonds. The Morgan fingerprint density at radius 2 is 1.60 bits per heavy atom. The molecule has 1 rings (SSSR count). The largest absolute Gasteiger partial charge is 0.324 e. The summed E-state index contributed by atoms with van der Waals surface area (Å²) in [5, 5.41) is 3.00. The molecule has 0 saturated heterocycles. The molecule has 1 aromatic carbocycles. The first kappa shape index (κ1) is 21.7. The predicted octanol–water partition coefficient (Wildman–Crippen LogP) is 4.02. The van der Waals surface area contributed by atoms with Crippen molar-refractivity contribution in [2.24, 2.45) is 0 Å². The van der Waals surface area contributed by atoms with Crippen molar-refractivity contribution in [2.75, 3.05) is 30.8 Å². The first-order valence-corrected chi connectivity index (χ1v) is 8.13. The second kappa shape index (κ2) is 12.2. The van der Waals surface area contributed by atoms with Crippen LogP contribution in [-0.2, 0) is 4.79 Å². The summed E-state index contributed by atoms with van der Waals surface area (Å²) in [6.07, 6.45) is 0. The predicted molar refractivity (Wildman–Crippen MR) is 94.4 cm³/mol. The number of hydrogen-bond donors (Lipinski definition) is 1. The highest BCUT2D eigenvalue weighted by molar-refractivity contribution is 9.08. The minimum Gasteiger partial charge on any atom is -0.324 e. The van der Waals surface area contributed by atoms with Gasteiger partial charge in [0.05, 0.1) is 6.54 Å². The molecule has 116 valence electrons. The number of amides is 1. The maximum Gasteiger partial charge on any atom is 0.238 e. The first-order valence-electron chi connectivity index (χ1n) is 6.54. The number of aryl methyl sites for hydroxylation is 2. The Morgan fingerprint density at radius 1 is 1.15 bits per heavy atom. The Labute approximate surface area is 137 Å². The van der Waals surface area contributed by atoms with Crippen LogP contribution in [0.15, 0.2) is 18.2 Å². The number of halogens is 2. The summed E-state index contributed by atoms with van der Waals surface area (Å²) in [7, 11) is 0. The number of para-hydroxylation sites is 1. The minimum absolute atomic E-state index is 0. The van der Waals surface area contributed by atoms with Crippen molar-refractivity contribution in [3.05, 3.63) is 29.3 Å². The molecule has 5 heteroatoms. The highest BCUT2D eigenvalue weighted by Gasteiger charge is 2.09. The van der Waals surface area contributed by atoms with E-state index in [1.807, 2.05) is 37.9 Å². The molecule has 0 unspecified atom stereocenters. The van der Waals surface area contributed by atoms with Crippen molar-refractivity contribution in [2.45, 2.75) is 27.7 Å². The van der Waals surface area contributed by atoms with Gasteiger partial charge in [0.25, 0.3) is 0 Å². The van der Waals surface area contributed by atoms with Gasteiger partial charge in [-0.3, -0.25) is 9.69 Å². The summed E-state index contributed by atoms with van der Waals surface area (Å²) in [6, 6.07) is 6.03. The van der Waals surface area contributed by atoms with Crippen molar-refractivity contribution < 1.29 is 4.79 Å². The van der Waals surface area contributed by atoms with Gasteiger partial charge < -0.3 is 5.32 Å². The van der Waals surface area contributed by atoms with Crippen LogP contribution in [0, 0.1) is 13.8 Å². The molecule has 0 bridgehead atoms. The Bertz CT molecular complexity index is 375. The van der Waals surface area contributed by atoms with Crippen LogP contribution in [0.3, 0.4) is 0 Å². The number of hydrogen-bond acceptors (Lipinski definition) is 2. The van der Waals surface area contributed by atoms with Gasteiger partial charge in [0.15, 0.2) is 0 Å². The Kier molecular flexibility index (Phi) is 13.2. The molecular weight excluding hydrogens is 340 g/mol. The molecule has 1 N–H and O–H groups in total. The third kappa shape index (κ3) is 7.27. The third-order valence-corrected chi connectivity index (χ3v) is 3.01. The van der Waals surface area contributed by atoms with Gasteiger partial charge in [-0.15, -0.1) is 12.4 Å². The monoisotopic (exact) mass is 364 g/mol. The van der Waals surface area contributed by atoms with Crippen molar-refractivity contribution in [1.29, 1.82) is 0 Å². The van der Waals surface area contributed by atoms with E-state index in [0.29, 0.717) is 6.54 Å². The molecule has 0 heterocycles. The molecule has 0 fully saturated rings. The maximum absolute atomic E-state index is 11.9. The number of benzene rings is 1. The lowest BCUT2D eigenvalue weighted by atomic mass is 10.1. The minimum atomic E-state index is 0. The van der Waals surface area contributed by atoms with Crippen molar-refractivity contribution >= 4 is 39.9 Å². The molecule has 0 aliphatic carbocycles. The van der Waals surface area contributed by atoms with Crippen LogP contribution in [0.2, 0.25) is 0 Å². The van der Waals surface area contributed by atoms with Crippen LogP contribution in [0.1, 0.15) is 25.0 Å². The summed E-state index contributed by atoms with van der Waals surface area (Å²) in [6.45, 7) is 10.4. The van der Waals surface area contributed by atoms with Gasteiger partial charge in [-0.1, -0.05) is 48.0 Å². The lowest BCUT2D eigenvalue weighted by Crippen LogP contribution is -2.33. The van der Waals surface area contributed by atoms with Gasteiger partial charge >= 0.3 is 0 Å². The van der Waals surface area contributed by atoms with Gasteiger partial charge in [0.2, 0.25) is 5.91 Å². The maximum atomic E-state index is 11.9. The molecule has 0 saturated carbocycles. The normalized spacial score (nSPS) is 9.35. The molecular formula is C15H26BrClN2O. The van der Waals surface area contributed by atoms with E-state index in [9.17, 15) is 4.79 Å². The summed E-state index contributed by atoms with van der Waals surface area (Å²) in [4.78, 5) is 14.0. The Morgan fingerprint density at radius 3 is 2.00 bits per heavy atom. The molecule has 20 heavy (non-hydrogen) atoms. The summed E-state index contributed by atoms with van der Waals surface area (Å²) < 4.78 is 0. The fourth-order valence-electron chi connectivity index (χ4n) is 1.84. The molecule has 0 aliphatic heterocycles. The first-order chi connectivity index (χ1) is 9.08. The summed E-state index contributed by atoms with van der Waals surface area (Å²) in [5.41, 5.74) is 3.17. The Balaban J connectivity index is 0. The van der Waals surface area contributed by atoms with Gasteiger partial charge in [0, 0.05) is 5.69 Å². The van der Waals surface area contributed by atoms with Crippen LogP contribution >= 0.6 is 28.3 Å². The number of anilines is 1. The average molecular weight is 366 g/mol. The lowest BCUT2D eigenvalue weighted by Gasteiger charge is -2.18. The second-order valence-electron chi connectivity index (χ2n) is 4.28. The molecule has 0 radical (unpaired) electrons. The second-order valence-corrected chi connectivity index (χ2v) is 4.28. The van der Waals surface area contributed by atoms with Crippen molar-refractivity contribution in [3.8, 4) is 0 Å². The Hall–Kier alpha value is -0.580. The van der Waals surface area contributed by atoms with Crippen LogP contribution in [-0.4, -0.2) is 36.3 Å². The number of nitrogens with zero attached hydrogens (tertiary/aromatic N) is 1. The molecule has 0 atom stereocenters. The van der Waals surface area contributed by atoms with Crippen LogP contribution < -0.4 is 5.32 Å². The van der Waals surface area contributed by atoms with E-state index in [1.54, 1.807) is 0 Å². The third-order valence-electron chi connectivity index (χ3n) is 3.01. The fourth-order valence-corrected chi connectivity index (χ4v) is 1.84. The van der Waals surface area contributed by atoms with E-state index in [2.05, 4.69) is 40.0 Å². The lowest BCUT2D eigenvalue weighted by molar-refractivity contribution is -0.117. The van der Waals surface area contributed by atoms with E-state index in [4.69, 9.17) is 0 Å². The van der Waals surface area contributed by atoms with E-state index >= 15 is 0 Å². The van der Waals surface area contributed by atoms with Crippen molar-refractivity contribution in [3.63, 3.8) is 0 Å². The van der Waals surface area contributed by atoms with Crippen molar-refractivity contribution in [1.82, 2.24) is 4.90 Å². The average Bonchev–Trinajstić information content (AvgIpc) is 2.42. The van der Waals surface area contributed by atoms with Crippen LogP contribution in [0.25, 0.3) is 0 Å². The SMILES string of the molecule is CBr.CCN(CC)CC(=O)Nc1c(C)cccc1C.Cl. The molecule has 3 nitrogen and oxygen atoms in total. The zero-order valence-corrected chi connectivity index (χ0v) is 15.4. The van der Waals surface area contributed by atoms with Gasteiger partial charge in [-0.2, -0.15) is 0 Å². The highest BCUT2D eigenvalue weighted by atomic mass is 79.9. The smallest absolute Gasteiger partial charge is 0.238 e. The van der Waals surface area contributed by atoms with Crippen LogP contribution in [0.4, 0.5) is 5.69 Å². The topological polar surface area (TPSA) is 32.3 Å². The zero-order valence-electron chi connectivity index (χ0n) is 13.0. The highest BCUT2D eigenvalue weighted by Crippen LogP contribution is 2.19. The number of rotatable bonds is 5. The van der Waals surface area contributed by atoms with E-state index in [-0.39, 0.29) is 18.3 Å². The fraction of sp³-hybridized carbons (Fsp3) is 0.533. The van der Waals surface area contributed by atoms with Gasteiger partial charge in [0.1, 0.15) is 0 Å². The number of carbonyl (C=O) groups is 1. The quantitative estimate of drug-likeness (QED) is 0.799. The van der Waals surface area contributed by atoms with E-state index in [0.717, 1.165) is 29.9 Å². The van der Waals surface area contributed by atoms with Gasteiger partial charge in [-0.05, 0) is 43.9 Å². The van der Waals surface area contributed by atoms with E-state index < -0.39 is 0 Å². The molecule has 0 spiro atoms.